The molecular weight excluding hydrogens is 220 g/mol. The molecule has 1 aromatic rings. The minimum Gasteiger partial charge on any atom is -0.469 e. The van der Waals surface area contributed by atoms with Crippen molar-refractivity contribution in [2.75, 3.05) is 13.7 Å². The van der Waals surface area contributed by atoms with E-state index in [0.29, 0.717) is 6.54 Å². The molecule has 17 heavy (non-hydrogen) atoms. The van der Waals surface area contributed by atoms with Crippen LogP contribution >= 0.6 is 0 Å². The van der Waals surface area contributed by atoms with Gasteiger partial charge in [0.1, 0.15) is 12.2 Å². The average Bonchev–Trinajstić information content (AvgIpc) is 2.71. The van der Waals surface area contributed by atoms with E-state index in [-0.39, 0.29) is 12.0 Å². The Bertz CT molecular complexity index is 387. The average molecular weight is 240 g/mol. The second-order valence-corrected chi connectivity index (χ2v) is 4.78. The second kappa shape index (κ2) is 5.27. The lowest BCUT2D eigenvalue weighted by molar-refractivity contribution is -0.150. The highest BCUT2D eigenvalue weighted by atomic mass is 16.5. The largest absolute Gasteiger partial charge is 0.469 e. The summed E-state index contributed by atoms with van der Waals surface area (Å²) in [5, 5.41) is 11.1. The molecule has 0 aromatic carbocycles. The summed E-state index contributed by atoms with van der Waals surface area (Å²) in [4.78, 5) is 11.5. The Kier molecular flexibility index (Phi) is 4.22. The van der Waals surface area contributed by atoms with Crippen LogP contribution in [-0.4, -0.2) is 34.4 Å². The molecule has 1 aromatic heterocycles. The molecule has 0 aliphatic carbocycles. The van der Waals surface area contributed by atoms with Gasteiger partial charge in [0.15, 0.2) is 0 Å². The van der Waals surface area contributed by atoms with Gasteiger partial charge in [0, 0.05) is 13.6 Å². The summed E-state index contributed by atoms with van der Waals surface area (Å²) in [5.41, 5.74) is -0.554. The van der Waals surface area contributed by atoms with Crippen LogP contribution in [0.5, 0.6) is 0 Å². The first kappa shape index (κ1) is 13.6. The number of hydrogen-bond acceptors (Lipinski definition) is 5. The van der Waals surface area contributed by atoms with E-state index >= 15 is 0 Å². The van der Waals surface area contributed by atoms with Crippen LogP contribution in [0.15, 0.2) is 6.33 Å². The molecule has 1 rings (SSSR count). The number of nitrogens with zero attached hydrogens (tertiary/aromatic N) is 3. The highest BCUT2D eigenvalue weighted by Crippen LogP contribution is 2.17. The number of carbonyl (C=O) groups excluding carboxylic acids is 1. The lowest BCUT2D eigenvalue weighted by Gasteiger charge is -2.24. The van der Waals surface area contributed by atoms with Gasteiger partial charge in [0.2, 0.25) is 0 Å². The lowest BCUT2D eigenvalue weighted by Crippen LogP contribution is -2.38. The summed E-state index contributed by atoms with van der Waals surface area (Å²) < 4.78 is 6.60. The van der Waals surface area contributed by atoms with Gasteiger partial charge in [-0.15, -0.1) is 10.2 Å². The van der Waals surface area contributed by atoms with Crippen LogP contribution in [0.25, 0.3) is 0 Å². The summed E-state index contributed by atoms with van der Waals surface area (Å²) in [6.07, 6.45) is 1.65. The van der Waals surface area contributed by atoms with Gasteiger partial charge >= 0.3 is 5.97 Å². The van der Waals surface area contributed by atoms with E-state index in [9.17, 15) is 4.79 Å². The van der Waals surface area contributed by atoms with Gasteiger partial charge in [-0.3, -0.25) is 4.79 Å². The van der Waals surface area contributed by atoms with Crippen molar-refractivity contribution in [2.24, 2.45) is 12.5 Å². The minimum atomic E-state index is -0.554. The van der Waals surface area contributed by atoms with Crippen molar-refractivity contribution in [1.82, 2.24) is 20.1 Å². The highest BCUT2D eigenvalue weighted by molar-refractivity contribution is 5.76. The maximum atomic E-state index is 11.5. The Labute approximate surface area is 101 Å². The molecule has 0 aliphatic heterocycles. The molecule has 0 aliphatic rings. The minimum absolute atomic E-state index is 0.0337. The topological polar surface area (TPSA) is 69.0 Å². The van der Waals surface area contributed by atoms with Crippen molar-refractivity contribution in [3.63, 3.8) is 0 Å². The quantitative estimate of drug-likeness (QED) is 0.766. The van der Waals surface area contributed by atoms with Crippen LogP contribution in [0.4, 0.5) is 0 Å². The van der Waals surface area contributed by atoms with Gasteiger partial charge in [-0.2, -0.15) is 0 Å². The first-order valence-electron chi connectivity index (χ1n) is 5.54. The number of hydrogen-bond donors (Lipinski definition) is 1. The predicted octanol–water partition coefficient (Wildman–Crippen LogP) is 0.665. The van der Waals surface area contributed by atoms with Crippen molar-refractivity contribution in [3.05, 3.63) is 12.2 Å². The van der Waals surface area contributed by atoms with Crippen LogP contribution in [-0.2, 0) is 16.6 Å². The van der Waals surface area contributed by atoms with Crippen LogP contribution in [0.3, 0.4) is 0 Å². The molecular formula is C11H20N4O2. The smallest absolute Gasteiger partial charge is 0.312 e. The number of ether oxygens (including phenoxy) is 1. The van der Waals surface area contributed by atoms with E-state index < -0.39 is 5.41 Å². The van der Waals surface area contributed by atoms with Crippen molar-refractivity contribution < 1.29 is 9.53 Å². The van der Waals surface area contributed by atoms with Crippen molar-refractivity contribution in [1.29, 1.82) is 0 Å². The summed E-state index contributed by atoms with van der Waals surface area (Å²) in [6, 6.07) is 0.0337. The summed E-state index contributed by atoms with van der Waals surface area (Å²) in [7, 11) is 3.29. The zero-order valence-electron chi connectivity index (χ0n) is 11.0. The molecule has 1 atom stereocenters. The standard InChI is InChI=1S/C11H20N4O2/c1-8(9-14-13-7-15(9)4)12-6-11(2,3)10(16)17-5/h7-8,12H,6H2,1-5H3. The summed E-state index contributed by atoms with van der Waals surface area (Å²) in [5.74, 6) is 0.612. The van der Waals surface area contributed by atoms with E-state index in [2.05, 4.69) is 15.5 Å². The Hall–Kier alpha value is -1.43. The molecule has 0 saturated heterocycles. The van der Waals surface area contributed by atoms with Gasteiger partial charge < -0.3 is 14.6 Å². The Morgan fingerprint density at radius 2 is 2.29 bits per heavy atom. The van der Waals surface area contributed by atoms with Gasteiger partial charge in [0.05, 0.1) is 18.6 Å². The van der Waals surface area contributed by atoms with E-state index in [1.807, 2.05) is 32.4 Å². The first-order chi connectivity index (χ1) is 7.88. The zero-order chi connectivity index (χ0) is 13.1. The Morgan fingerprint density at radius 3 is 2.76 bits per heavy atom. The molecule has 0 saturated carbocycles. The van der Waals surface area contributed by atoms with Crippen LogP contribution < -0.4 is 5.32 Å². The lowest BCUT2D eigenvalue weighted by atomic mass is 9.93. The van der Waals surface area contributed by atoms with Crippen molar-refractivity contribution in [3.8, 4) is 0 Å². The SMILES string of the molecule is COC(=O)C(C)(C)CNC(C)c1nncn1C. The number of aromatic nitrogens is 3. The van der Waals surface area contributed by atoms with E-state index in [4.69, 9.17) is 4.74 Å². The number of esters is 1. The number of nitrogens with one attached hydrogen (secondary N) is 1. The third-order valence-corrected chi connectivity index (χ3v) is 2.72. The molecule has 0 radical (unpaired) electrons. The molecule has 6 nitrogen and oxygen atoms in total. The third kappa shape index (κ3) is 3.26. The molecule has 6 heteroatoms. The first-order valence-corrected chi connectivity index (χ1v) is 5.54. The maximum absolute atomic E-state index is 11.5. The fourth-order valence-corrected chi connectivity index (χ4v) is 1.53. The Balaban J connectivity index is 2.57. The normalized spacial score (nSPS) is 13.5. The molecule has 1 heterocycles. The van der Waals surface area contributed by atoms with Crippen molar-refractivity contribution >= 4 is 5.97 Å². The van der Waals surface area contributed by atoms with Gasteiger partial charge in [-0.25, -0.2) is 0 Å². The van der Waals surface area contributed by atoms with Gasteiger partial charge in [-0.1, -0.05) is 0 Å². The number of carbonyl (C=O) groups is 1. The van der Waals surface area contributed by atoms with Crippen LogP contribution in [0.1, 0.15) is 32.6 Å². The van der Waals surface area contributed by atoms with Gasteiger partial charge in [0.25, 0.3) is 0 Å². The fraction of sp³-hybridized carbons (Fsp3) is 0.727. The van der Waals surface area contributed by atoms with E-state index in [1.54, 1.807) is 6.33 Å². The molecule has 96 valence electrons. The number of methoxy groups -OCH3 is 1. The number of rotatable bonds is 5. The van der Waals surface area contributed by atoms with E-state index in [1.165, 1.54) is 7.11 Å². The zero-order valence-corrected chi connectivity index (χ0v) is 11.0. The van der Waals surface area contributed by atoms with Crippen molar-refractivity contribution in [2.45, 2.75) is 26.8 Å². The van der Waals surface area contributed by atoms with Crippen LogP contribution in [0.2, 0.25) is 0 Å². The molecule has 1 N–H and O–H groups in total. The number of aryl methyl sites for hydroxylation is 1. The molecule has 0 fully saturated rings. The van der Waals surface area contributed by atoms with E-state index in [0.717, 1.165) is 5.82 Å². The molecule has 0 amide bonds. The molecule has 1 unspecified atom stereocenters. The summed E-state index contributed by atoms with van der Waals surface area (Å²) in [6.45, 7) is 6.19. The maximum Gasteiger partial charge on any atom is 0.312 e. The third-order valence-electron chi connectivity index (χ3n) is 2.72. The molecule has 0 bridgehead atoms. The molecule has 0 spiro atoms. The Morgan fingerprint density at radius 1 is 1.65 bits per heavy atom. The summed E-state index contributed by atoms with van der Waals surface area (Å²) >= 11 is 0. The predicted molar refractivity (Wildman–Crippen MR) is 63.2 cm³/mol. The van der Waals surface area contributed by atoms with Crippen LogP contribution in [0, 0.1) is 5.41 Å². The second-order valence-electron chi connectivity index (χ2n) is 4.78. The fourth-order valence-electron chi connectivity index (χ4n) is 1.53. The van der Waals surface area contributed by atoms with Gasteiger partial charge in [-0.05, 0) is 20.8 Å². The highest BCUT2D eigenvalue weighted by Gasteiger charge is 2.29. The monoisotopic (exact) mass is 240 g/mol.